The second kappa shape index (κ2) is 7.44. The normalized spacial score (nSPS) is 18.7. The van der Waals surface area contributed by atoms with Crippen molar-refractivity contribution in [2.24, 2.45) is 0 Å². The minimum atomic E-state index is -0.386. The number of H-pyrrole nitrogens is 1. The number of anilines is 1. The van der Waals surface area contributed by atoms with Crippen LogP contribution < -0.4 is 10.2 Å². The van der Waals surface area contributed by atoms with Crippen LogP contribution in [-0.4, -0.2) is 40.2 Å². The second-order valence-electron chi connectivity index (χ2n) is 6.70. The Bertz CT molecular complexity index is 940. The molecular formula is C19H20ClN5O2. The van der Waals surface area contributed by atoms with Crippen LogP contribution in [0.2, 0.25) is 5.28 Å². The van der Waals surface area contributed by atoms with E-state index < -0.39 is 0 Å². The third-order valence-corrected chi connectivity index (χ3v) is 5.07. The highest BCUT2D eigenvalue weighted by atomic mass is 35.5. The molecule has 0 radical (unpaired) electrons. The molecule has 1 saturated carbocycles. The molecule has 1 aliphatic carbocycles. The Morgan fingerprint density at radius 3 is 2.85 bits per heavy atom. The number of nitrogens with zero attached hydrogens (tertiary/aromatic N) is 3. The van der Waals surface area contributed by atoms with Crippen LogP contribution in [0.25, 0.3) is 11.0 Å². The molecule has 4 rings (SSSR count). The first-order valence-corrected chi connectivity index (χ1v) is 9.18. The fourth-order valence-electron chi connectivity index (χ4n) is 3.29. The molecule has 27 heavy (non-hydrogen) atoms. The minimum Gasteiger partial charge on any atom is -0.445 e. The number of nitrogens with one attached hydrogen (secondary N) is 2. The molecule has 1 fully saturated rings. The first-order chi connectivity index (χ1) is 13.1. The van der Waals surface area contributed by atoms with Crippen LogP contribution in [0.1, 0.15) is 18.4 Å². The number of carbonyl (C=O) groups is 1. The number of aromatic nitrogens is 3. The lowest BCUT2D eigenvalue weighted by Crippen LogP contribution is -2.53. The fraction of sp³-hybridized carbons (Fsp3) is 0.316. The Morgan fingerprint density at radius 1 is 1.30 bits per heavy atom. The zero-order chi connectivity index (χ0) is 18.8. The van der Waals surface area contributed by atoms with Crippen LogP contribution in [0.15, 0.2) is 42.6 Å². The fourth-order valence-corrected chi connectivity index (χ4v) is 3.46. The van der Waals surface area contributed by atoms with E-state index in [4.69, 9.17) is 16.3 Å². The van der Waals surface area contributed by atoms with Gasteiger partial charge in [0.2, 0.25) is 5.28 Å². The number of hydrogen-bond acceptors (Lipinski definition) is 5. The highest BCUT2D eigenvalue weighted by Gasteiger charge is 2.34. The Labute approximate surface area is 161 Å². The van der Waals surface area contributed by atoms with Gasteiger partial charge in [0, 0.05) is 25.3 Å². The number of carbonyl (C=O) groups excluding carboxylic acids is 1. The van der Waals surface area contributed by atoms with Gasteiger partial charge < -0.3 is 19.9 Å². The van der Waals surface area contributed by atoms with E-state index in [9.17, 15) is 4.79 Å². The van der Waals surface area contributed by atoms with Gasteiger partial charge in [-0.3, -0.25) is 0 Å². The first kappa shape index (κ1) is 17.6. The summed E-state index contributed by atoms with van der Waals surface area (Å²) in [7, 11) is 1.99. The molecule has 1 aliphatic rings. The predicted octanol–water partition coefficient (Wildman–Crippen LogP) is 3.50. The third-order valence-electron chi connectivity index (χ3n) is 4.90. The molecule has 0 unspecified atom stereocenters. The number of aromatic amines is 1. The van der Waals surface area contributed by atoms with E-state index in [0.29, 0.717) is 0 Å². The van der Waals surface area contributed by atoms with Gasteiger partial charge in [0.05, 0.1) is 5.39 Å². The molecule has 0 bridgehead atoms. The molecular weight excluding hydrogens is 366 g/mol. The van der Waals surface area contributed by atoms with Gasteiger partial charge >= 0.3 is 6.09 Å². The molecule has 0 spiro atoms. The molecule has 0 atom stereocenters. The average Bonchev–Trinajstić information content (AvgIpc) is 3.10. The number of hydrogen-bond donors (Lipinski definition) is 2. The van der Waals surface area contributed by atoms with Crippen LogP contribution in [0.4, 0.5) is 10.6 Å². The summed E-state index contributed by atoms with van der Waals surface area (Å²) in [5.41, 5.74) is 1.69. The molecule has 0 saturated heterocycles. The van der Waals surface area contributed by atoms with E-state index in [0.717, 1.165) is 35.3 Å². The van der Waals surface area contributed by atoms with Gasteiger partial charge in [-0.15, -0.1) is 0 Å². The van der Waals surface area contributed by atoms with Crippen molar-refractivity contribution in [3.63, 3.8) is 0 Å². The molecule has 0 aliphatic heterocycles. The van der Waals surface area contributed by atoms with Crippen molar-refractivity contribution in [2.45, 2.75) is 31.5 Å². The van der Waals surface area contributed by atoms with Crippen molar-refractivity contribution in [1.29, 1.82) is 0 Å². The van der Waals surface area contributed by atoms with E-state index in [1.54, 1.807) is 0 Å². The van der Waals surface area contributed by atoms with Crippen molar-refractivity contribution >= 4 is 34.5 Å². The lowest BCUT2D eigenvalue weighted by Gasteiger charge is -2.41. The maximum Gasteiger partial charge on any atom is 0.407 e. The molecule has 140 valence electrons. The van der Waals surface area contributed by atoms with E-state index in [-0.39, 0.29) is 30.1 Å². The van der Waals surface area contributed by atoms with E-state index in [1.807, 2.05) is 49.6 Å². The van der Waals surface area contributed by atoms with Gasteiger partial charge in [-0.2, -0.15) is 9.97 Å². The molecule has 8 heteroatoms. The van der Waals surface area contributed by atoms with Crippen LogP contribution in [0, 0.1) is 0 Å². The van der Waals surface area contributed by atoms with Crippen LogP contribution >= 0.6 is 11.6 Å². The van der Waals surface area contributed by atoms with E-state index >= 15 is 0 Å². The molecule has 1 aromatic carbocycles. The standard InChI is InChI=1S/C19H20ClN5O2/c1-25(17-15-7-8-21-16(15)23-18(20)24-17)14-9-13(10-14)22-19(26)27-11-12-5-3-2-4-6-12/h2-8,13-14H,9-11H2,1H3,(H,22,26)(H,21,23,24)/t13-,14+. The topological polar surface area (TPSA) is 83.1 Å². The monoisotopic (exact) mass is 385 g/mol. The Kier molecular flexibility index (Phi) is 4.85. The lowest BCUT2D eigenvalue weighted by molar-refractivity contribution is 0.127. The Hall–Kier alpha value is -2.80. The molecule has 1 amide bonds. The molecule has 2 heterocycles. The van der Waals surface area contributed by atoms with Gasteiger partial charge in [0.15, 0.2) is 0 Å². The summed E-state index contributed by atoms with van der Waals surface area (Å²) in [6.45, 7) is 0.271. The highest BCUT2D eigenvalue weighted by Crippen LogP contribution is 2.32. The second-order valence-corrected chi connectivity index (χ2v) is 7.03. The molecule has 7 nitrogen and oxygen atoms in total. The number of rotatable bonds is 5. The van der Waals surface area contributed by atoms with E-state index in [2.05, 4.69) is 25.2 Å². The van der Waals surface area contributed by atoms with Crippen molar-refractivity contribution in [1.82, 2.24) is 20.3 Å². The largest absolute Gasteiger partial charge is 0.445 e. The summed E-state index contributed by atoms with van der Waals surface area (Å²) in [5, 5.41) is 4.06. The average molecular weight is 386 g/mol. The number of halogens is 1. The minimum absolute atomic E-state index is 0.0970. The van der Waals surface area contributed by atoms with Gasteiger partial charge in [0.1, 0.15) is 18.1 Å². The molecule has 2 aromatic heterocycles. The number of ether oxygens (including phenoxy) is 1. The SMILES string of the molecule is CN(c1nc(Cl)nc2[nH]ccc12)[C@H]1C[C@@H](NC(=O)OCc2ccccc2)C1. The smallest absolute Gasteiger partial charge is 0.407 e. The number of amides is 1. The van der Waals surface area contributed by atoms with E-state index in [1.165, 1.54) is 0 Å². The lowest BCUT2D eigenvalue weighted by atomic mass is 9.85. The Balaban J connectivity index is 1.30. The quantitative estimate of drug-likeness (QED) is 0.657. The zero-order valence-corrected chi connectivity index (χ0v) is 15.6. The predicted molar refractivity (Wildman–Crippen MR) is 104 cm³/mol. The maximum absolute atomic E-state index is 12.0. The van der Waals surface area contributed by atoms with Crippen molar-refractivity contribution in [2.75, 3.05) is 11.9 Å². The maximum atomic E-state index is 12.0. The summed E-state index contributed by atoms with van der Waals surface area (Å²) in [6.07, 6.45) is 3.08. The van der Waals surface area contributed by atoms with Gasteiger partial charge in [0.25, 0.3) is 0 Å². The van der Waals surface area contributed by atoms with Crippen LogP contribution in [0.3, 0.4) is 0 Å². The summed E-state index contributed by atoms with van der Waals surface area (Å²) in [6, 6.07) is 11.9. The molecule has 3 aromatic rings. The van der Waals surface area contributed by atoms with Crippen molar-refractivity contribution < 1.29 is 9.53 Å². The van der Waals surface area contributed by atoms with Crippen molar-refractivity contribution in [3.8, 4) is 0 Å². The third kappa shape index (κ3) is 3.83. The van der Waals surface area contributed by atoms with Crippen LogP contribution in [-0.2, 0) is 11.3 Å². The summed E-state index contributed by atoms with van der Waals surface area (Å²) < 4.78 is 5.27. The number of alkyl carbamates (subject to hydrolysis) is 1. The highest BCUT2D eigenvalue weighted by molar-refractivity contribution is 6.28. The summed E-state index contributed by atoms with van der Waals surface area (Å²) in [5.74, 6) is 0.793. The Morgan fingerprint density at radius 2 is 2.07 bits per heavy atom. The summed E-state index contributed by atoms with van der Waals surface area (Å²) in [4.78, 5) is 25.7. The van der Waals surface area contributed by atoms with Crippen LogP contribution in [0.5, 0.6) is 0 Å². The van der Waals surface area contributed by atoms with Crippen molar-refractivity contribution in [3.05, 3.63) is 53.4 Å². The number of benzene rings is 1. The first-order valence-electron chi connectivity index (χ1n) is 8.81. The number of fused-ring (bicyclic) bond motifs is 1. The summed E-state index contributed by atoms with van der Waals surface area (Å²) >= 11 is 6.03. The van der Waals surface area contributed by atoms with Gasteiger partial charge in [-0.25, -0.2) is 4.79 Å². The zero-order valence-electron chi connectivity index (χ0n) is 14.9. The molecule has 2 N–H and O–H groups in total. The van der Waals surface area contributed by atoms with Gasteiger partial charge in [-0.05, 0) is 36.1 Å². The van der Waals surface area contributed by atoms with Gasteiger partial charge in [-0.1, -0.05) is 30.3 Å².